The number of nitrogens with one attached hydrogen (secondary N) is 1. The van der Waals surface area contributed by atoms with Gasteiger partial charge >= 0.3 is 5.69 Å². The Morgan fingerprint density at radius 3 is 2.76 bits per heavy atom. The van der Waals surface area contributed by atoms with Crippen molar-refractivity contribution in [2.75, 3.05) is 11.9 Å². The van der Waals surface area contributed by atoms with Crippen molar-refractivity contribution < 1.29 is 9.53 Å². The number of aromatic nitrogens is 3. The van der Waals surface area contributed by atoms with Crippen LogP contribution in [0.25, 0.3) is 11.2 Å². The standard InChI is InChI=1S/C22H26N4O3/c1-2-29-19-13-7-6-11-17(19)24-20(27)15-25-18-12-8-14-23-21(18)26(22(25)28)16-9-4-3-5-10-16/h6-8,11-14,16H,2-5,9-10,15H2,1H3,(H,24,27). The second-order valence-corrected chi connectivity index (χ2v) is 7.35. The monoisotopic (exact) mass is 394 g/mol. The summed E-state index contributed by atoms with van der Waals surface area (Å²) in [5.74, 6) is 0.341. The van der Waals surface area contributed by atoms with Crippen LogP contribution in [0.15, 0.2) is 47.4 Å². The van der Waals surface area contributed by atoms with Gasteiger partial charge in [0, 0.05) is 12.2 Å². The number of carbonyl (C=O) groups excluding carboxylic acids is 1. The fraction of sp³-hybridized carbons (Fsp3) is 0.409. The van der Waals surface area contributed by atoms with Gasteiger partial charge in [0.15, 0.2) is 5.65 Å². The maximum atomic E-state index is 13.2. The van der Waals surface area contributed by atoms with Crippen molar-refractivity contribution in [3.8, 4) is 5.75 Å². The Morgan fingerprint density at radius 2 is 1.97 bits per heavy atom. The second kappa shape index (κ2) is 8.51. The summed E-state index contributed by atoms with van der Waals surface area (Å²) >= 11 is 0. The highest BCUT2D eigenvalue weighted by Gasteiger charge is 2.24. The van der Waals surface area contributed by atoms with E-state index in [0.29, 0.717) is 29.2 Å². The van der Waals surface area contributed by atoms with E-state index in [0.717, 1.165) is 25.7 Å². The minimum absolute atomic E-state index is 0.0682. The summed E-state index contributed by atoms with van der Waals surface area (Å²) in [5, 5.41) is 2.87. The van der Waals surface area contributed by atoms with Crippen LogP contribution in [0.4, 0.5) is 5.69 Å². The Labute approximate surface area is 169 Å². The highest BCUT2D eigenvalue weighted by molar-refractivity contribution is 5.92. The van der Waals surface area contributed by atoms with Crippen LogP contribution in [-0.4, -0.2) is 26.6 Å². The highest BCUT2D eigenvalue weighted by Crippen LogP contribution is 2.29. The number of rotatable bonds is 6. The summed E-state index contributed by atoms with van der Waals surface area (Å²) < 4.78 is 8.88. The molecule has 0 atom stereocenters. The number of anilines is 1. The van der Waals surface area contributed by atoms with Gasteiger partial charge < -0.3 is 10.1 Å². The van der Waals surface area contributed by atoms with Crippen molar-refractivity contribution in [2.24, 2.45) is 0 Å². The molecule has 1 N–H and O–H groups in total. The lowest BCUT2D eigenvalue weighted by Crippen LogP contribution is -2.32. The molecule has 152 valence electrons. The third kappa shape index (κ3) is 3.90. The van der Waals surface area contributed by atoms with Crippen LogP contribution in [0, 0.1) is 0 Å². The van der Waals surface area contributed by atoms with Gasteiger partial charge in [0.25, 0.3) is 0 Å². The minimum Gasteiger partial charge on any atom is -0.492 e. The highest BCUT2D eigenvalue weighted by atomic mass is 16.5. The molecule has 1 saturated carbocycles. The summed E-state index contributed by atoms with van der Waals surface area (Å²) in [4.78, 5) is 30.4. The fourth-order valence-corrected chi connectivity index (χ4v) is 4.11. The molecule has 4 rings (SSSR count). The number of carbonyl (C=O) groups is 1. The number of benzene rings is 1. The smallest absolute Gasteiger partial charge is 0.331 e. The van der Waals surface area contributed by atoms with Gasteiger partial charge in [0.2, 0.25) is 5.91 Å². The number of hydrogen-bond donors (Lipinski definition) is 1. The maximum Gasteiger partial charge on any atom is 0.331 e. The van der Waals surface area contributed by atoms with Gasteiger partial charge in [0.1, 0.15) is 12.3 Å². The third-order valence-electron chi connectivity index (χ3n) is 5.42. The van der Waals surface area contributed by atoms with Gasteiger partial charge in [0.05, 0.1) is 17.8 Å². The average molecular weight is 394 g/mol. The lowest BCUT2D eigenvalue weighted by Gasteiger charge is -2.22. The predicted molar refractivity (Wildman–Crippen MR) is 112 cm³/mol. The summed E-state index contributed by atoms with van der Waals surface area (Å²) in [6.07, 6.45) is 7.09. The molecule has 0 unspecified atom stereocenters. The van der Waals surface area contributed by atoms with Crippen molar-refractivity contribution in [3.63, 3.8) is 0 Å². The molecule has 2 heterocycles. The van der Waals surface area contributed by atoms with Gasteiger partial charge in [-0.3, -0.25) is 13.9 Å². The number of hydrogen-bond acceptors (Lipinski definition) is 4. The first-order valence-electron chi connectivity index (χ1n) is 10.3. The first-order valence-corrected chi connectivity index (χ1v) is 10.3. The van der Waals surface area contributed by atoms with E-state index >= 15 is 0 Å². The van der Waals surface area contributed by atoms with E-state index in [1.54, 1.807) is 22.9 Å². The Kier molecular flexibility index (Phi) is 5.64. The largest absolute Gasteiger partial charge is 0.492 e. The van der Waals surface area contributed by atoms with E-state index in [-0.39, 0.29) is 24.2 Å². The Bertz CT molecular complexity index is 1060. The van der Waals surface area contributed by atoms with Crippen molar-refractivity contribution in [3.05, 3.63) is 53.1 Å². The third-order valence-corrected chi connectivity index (χ3v) is 5.42. The molecule has 1 aromatic carbocycles. The Morgan fingerprint density at radius 1 is 1.17 bits per heavy atom. The van der Waals surface area contributed by atoms with Gasteiger partial charge in [-0.1, -0.05) is 31.4 Å². The molecule has 2 aromatic heterocycles. The number of nitrogens with zero attached hydrogens (tertiary/aromatic N) is 3. The zero-order valence-corrected chi connectivity index (χ0v) is 16.6. The maximum absolute atomic E-state index is 13.2. The number of amides is 1. The molecule has 7 heteroatoms. The zero-order valence-electron chi connectivity index (χ0n) is 16.6. The molecule has 0 aliphatic heterocycles. The topological polar surface area (TPSA) is 78.1 Å². The number of para-hydroxylation sites is 2. The SMILES string of the molecule is CCOc1ccccc1NC(=O)Cn1c(=O)n(C2CCCCC2)c2ncccc21. The van der Waals surface area contributed by atoms with E-state index in [9.17, 15) is 9.59 Å². The van der Waals surface area contributed by atoms with E-state index in [1.165, 1.54) is 11.0 Å². The van der Waals surface area contributed by atoms with Crippen LogP contribution in [0.3, 0.4) is 0 Å². The van der Waals surface area contributed by atoms with Gasteiger partial charge in [-0.25, -0.2) is 9.78 Å². The number of imidazole rings is 1. The molecule has 0 spiro atoms. The summed E-state index contributed by atoms with van der Waals surface area (Å²) in [6.45, 7) is 2.33. The van der Waals surface area contributed by atoms with Crippen molar-refractivity contribution in [1.82, 2.24) is 14.1 Å². The van der Waals surface area contributed by atoms with Crippen molar-refractivity contribution in [1.29, 1.82) is 0 Å². The average Bonchev–Trinajstić information content (AvgIpc) is 3.02. The first-order chi connectivity index (χ1) is 14.2. The normalized spacial score (nSPS) is 14.8. The van der Waals surface area contributed by atoms with E-state index in [4.69, 9.17) is 4.74 Å². The minimum atomic E-state index is -0.272. The second-order valence-electron chi connectivity index (χ2n) is 7.35. The summed E-state index contributed by atoms with van der Waals surface area (Å²) in [6, 6.07) is 11.1. The Hall–Kier alpha value is -3.09. The molecule has 7 nitrogen and oxygen atoms in total. The van der Waals surface area contributed by atoms with E-state index < -0.39 is 0 Å². The molecule has 0 saturated heterocycles. The van der Waals surface area contributed by atoms with Gasteiger partial charge in [-0.05, 0) is 44.0 Å². The number of fused-ring (bicyclic) bond motifs is 1. The van der Waals surface area contributed by atoms with Gasteiger partial charge in [-0.15, -0.1) is 0 Å². The van der Waals surface area contributed by atoms with Crippen LogP contribution in [0.1, 0.15) is 45.1 Å². The first kappa shape index (κ1) is 19.2. The molecule has 1 aliphatic carbocycles. The lowest BCUT2D eigenvalue weighted by atomic mass is 9.95. The predicted octanol–water partition coefficient (Wildman–Crippen LogP) is 3.74. The van der Waals surface area contributed by atoms with Crippen LogP contribution < -0.4 is 15.7 Å². The van der Waals surface area contributed by atoms with Crippen LogP contribution in [-0.2, 0) is 11.3 Å². The molecular formula is C22H26N4O3. The van der Waals surface area contributed by atoms with E-state index in [1.807, 2.05) is 31.2 Å². The molecular weight excluding hydrogens is 368 g/mol. The quantitative estimate of drug-likeness (QED) is 0.691. The lowest BCUT2D eigenvalue weighted by molar-refractivity contribution is -0.116. The fourth-order valence-electron chi connectivity index (χ4n) is 4.11. The molecule has 3 aromatic rings. The van der Waals surface area contributed by atoms with Gasteiger partial charge in [-0.2, -0.15) is 0 Å². The van der Waals surface area contributed by atoms with E-state index in [2.05, 4.69) is 10.3 Å². The molecule has 0 radical (unpaired) electrons. The summed E-state index contributed by atoms with van der Waals surface area (Å²) in [7, 11) is 0. The molecule has 1 fully saturated rings. The Balaban J connectivity index is 1.64. The van der Waals surface area contributed by atoms with Crippen molar-refractivity contribution in [2.45, 2.75) is 51.6 Å². The van der Waals surface area contributed by atoms with Crippen LogP contribution in [0.2, 0.25) is 0 Å². The molecule has 0 bridgehead atoms. The van der Waals surface area contributed by atoms with Crippen molar-refractivity contribution >= 4 is 22.8 Å². The zero-order chi connectivity index (χ0) is 20.2. The number of ether oxygens (including phenoxy) is 1. The molecule has 1 aliphatic rings. The van der Waals surface area contributed by atoms with Crippen LogP contribution >= 0.6 is 0 Å². The molecule has 1 amide bonds. The molecule has 29 heavy (non-hydrogen) atoms. The van der Waals surface area contributed by atoms with Crippen LogP contribution in [0.5, 0.6) is 5.75 Å². The number of pyridine rings is 1. The summed E-state index contributed by atoms with van der Waals surface area (Å²) in [5.41, 5.74) is 1.78.